The minimum absolute atomic E-state index is 0.131. The molecule has 0 aromatic heterocycles. The molecule has 3 aliphatic heterocycles. The lowest BCUT2D eigenvalue weighted by Crippen LogP contribution is -2.74. The van der Waals surface area contributed by atoms with E-state index >= 15 is 0 Å². The molecule has 170 valence electrons. The van der Waals surface area contributed by atoms with Gasteiger partial charge in [0.1, 0.15) is 11.3 Å². The van der Waals surface area contributed by atoms with Gasteiger partial charge in [0, 0.05) is 38.1 Å². The Labute approximate surface area is 191 Å². The Kier molecular flexibility index (Phi) is 5.72. The summed E-state index contributed by atoms with van der Waals surface area (Å²) >= 11 is 0. The number of carbonyl (C=O) groups is 1. The average Bonchev–Trinajstić information content (AvgIpc) is 3.08. The van der Waals surface area contributed by atoms with Gasteiger partial charge < -0.3 is 15.7 Å². The van der Waals surface area contributed by atoms with Gasteiger partial charge in [-0.05, 0) is 53.9 Å². The van der Waals surface area contributed by atoms with Crippen LogP contribution in [0.15, 0.2) is 54.6 Å². The number of benzene rings is 2. The molecule has 2 aromatic rings. The van der Waals surface area contributed by atoms with Crippen molar-refractivity contribution in [3.63, 3.8) is 0 Å². The summed E-state index contributed by atoms with van der Waals surface area (Å²) < 4.78 is 0. The minimum Gasteiger partial charge on any atom is -0.508 e. The molecular formula is C27H35N3O2. The smallest absolute Gasteiger partial charge is 0.240 e. The maximum Gasteiger partial charge on any atom is 0.240 e. The zero-order valence-corrected chi connectivity index (χ0v) is 19.1. The van der Waals surface area contributed by atoms with Gasteiger partial charge >= 0.3 is 0 Å². The van der Waals surface area contributed by atoms with Crippen LogP contribution in [0.1, 0.15) is 31.4 Å². The van der Waals surface area contributed by atoms with E-state index < -0.39 is 5.54 Å². The first-order valence-corrected chi connectivity index (χ1v) is 12.1. The molecule has 4 fully saturated rings. The first-order valence-electron chi connectivity index (χ1n) is 12.1. The van der Waals surface area contributed by atoms with E-state index in [0.717, 1.165) is 38.0 Å². The fraction of sp³-hybridized carbons (Fsp3) is 0.519. The number of nitrogens with one attached hydrogen (secondary N) is 2. The molecule has 32 heavy (non-hydrogen) atoms. The molecule has 4 bridgehead atoms. The highest BCUT2D eigenvalue weighted by Crippen LogP contribution is 2.53. The van der Waals surface area contributed by atoms with Gasteiger partial charge in [-0.2, -0.15) is 0 Å². The SMILES string of the molecule is CC(C)CN1C[C@H]2C[C@]3(C(=O)NCc4ccc(O)cc4)NC[C@H]2[C@H]1[C@H]3Cc1ccccc1. The fourth-order valence-corrected chi connectivity index (χ4v) is 6.65. The number of amides is 1. The van der Waals surface area contributed by atoms with Gasteiger partial charge in [-0.25, -0.2) is 0 Å². The molecule has 5 nitrogen and oxygen atoms in total. The predicted molar refractivity (Wildman–Crippen MR) is 126 cm³/mol. The maximum absolute atomic E-state index is 13.8. The van der Waals surface area contributed by atoms with E-state index in [-0.39, 0.29) is 17.6 Å². The van der Waals surface area contributed by atoms with Crippen LogP contribution in [0, 0.1) is 23.7 Å². The van der Waals surface area contributed by atoms with E-state index in [0.29, 0.717) is 30.3 Å². The van der Waals surface area contributed by atoms with Crippen molar-refractivity contribution >= 4 is 5.91 Å². The van der Waals surface area contributed by atoms with Crippen molar-refractivity contribution in [1.29, 1.82) is 0 Å². The third kappa shape index (κ3) is 3.82. The molecule has 4 aliphatic rings. The lowest BCUT2D eigenvalue weighted by molar-refractivity contribution is -0.138. The van der Waals surface area contributed by atoms with Crippen molar-refractivity contribution in [1.82, 2.24) is 15.5 Å². The van der Waals surface area contributed by atoms with Crippen LogP contribution in [0.4, 0.5) is 0 Å². The average molecular weight is 434 g/mol. The Hall–Kier alpha value is -2.37. The van der Waals surface area contributed by atoms with Gasteiger partial charge in [-0.1, -0.05) is 56.3 Å². The van der Waals surface area contributed by atoms with Crippen molar-refractivity contribution in [2.45, 2.75) is 44.8 Å². The van der Waals surface area contributed by atoms with Crippen LogP contribution in [-0.2, 0) is 17.8 Å². The largest absolute Gasteiger partial charge is 0.508 e. The van der Waals surface area contributed by atoms with Crippen LogP contribution in [-0.4, -0.2) is 47.1 Å². The molecule has 3 N–H and O–H groups in total. The Morgan fingerprint density at radius 1 is 1.16 bits per heavy atom. The second-order valence-corrected chi connectivity index (χ2v) is 10.5. The van der Waals surface area contributed by atoms with Crippen LogP contribution in [0.25, 0.3) is 0 Å². The van der Waals surface area contributed by atoms with Gasteiger partial charge in [0.25, 0.3) is 0 Å². The van der Waals surface area contributed by atoms with Crippen LogP contribution in [0.2, 0.25) is 0 Å². The fourth-order valence-electron chi connectivity index (χ4n) is 6.65. The number of nitrogens with zero attached hydrogens (tertiary/aromatic N) is 1. The van der Waals surface area contributed by atoms with Gasteiger partial charge in [-0.3, -0.25) is 9.69 Å². The molecule has 3 saturated heterocycles. The molecule has 1 aliphatic carbocycles. The summed E-state index contributed by atoms with van der Waals surface area (Å²) in [6, 6.07) is 18.2. The molecular weight excluding hydrogens is 398 g/mol. The molecule has 2 aromatic carbocycles. The summed E-state index contributed by atoms with van der Waals surface area (Å²) in [5.74, 6) is 2.47. The number of aromatic hydroxyl groups is 1. The molecule has 0 radical (unpaired) electrons. The van der Waals surface area contributed by atoms with Crippen molar-refractivity contribution in [3.05, 3.63) is 65.7 Å². The molecule has 1 amide bonds. The third-order valence-electron chi connectivity index (χ3n) is 7.91. The summed E-state index contributed by atoms with van der Waals surface area (Å²) in [5, 5.41) is 16.5. The Balaban J connectivity index is 1.43. The number of hydrogen-bond donors (Lipinski definition) is 3. The zero-order chi connectivity index (χ0) is 22.3. The van der Waals surface area contributed by atoms with Crippen molar-refractivity contribution < 1.29 is 9.90 Å². The second kappa shape index (κ2) is 8.53. The van der Waals surface area contributed by atoms with E-state index in [1.54, 1.807) is 12.1 Å². The zero-order valence-electron chi connectivity index (χ0n) is 19.1. The Bertz CT molecular complexity index is 945. The van der Waals surface area contributed by atoms with Crippen molar-refractivity contribution in [3.8, 4) is 5.75 Å². The number of fused-ring (bicyclic) bond motifs is 1. The Morgan fingerprint density at radius 3 is 2.62 bits per heavy atom. The third-order valence-corrected chi connectivity index (χ3v) is 7.91. The lowest BCUT2D eigenvalue weighted by atomic mass is 9.58. The number of piperidine rings is 2. The topological polar surface area (TPSA) is 64.6 Å². The highest BCUT2D eigenvalue weighted by atomic mass is 16.3. The molecule has 0 unspecified atom stereocenters. The molecule has 5 atom stereocenters. The second-order valence-electron chi connectivity index (χ2n) is 10.5. The predicted octanol–water partition coefficient (Wildman–Crippen LogP) is 3.19. The van der Waals surface area contributed by atoms with Crippen molar-refractivity contribution in [2.75, 3.05) is 19.6 Å². The molecule has 0 spiro atoms. The number of phenols is 1. The normalized spacial score (nSPS) is 31.2. The molecule has 1 saturated carbocycles. The van der Waals surface area contributed by atoms with Gasteiger partial charge in [-0.15, -0.1) is 0 Å². The molecule has 3 heterocycles. The summed E-state index contributed by atoms with van der Waals surface area (Å²) in [6.45, 7) is 8.23. The number of likely N-dealkylation sites (tertiary alicyclic amines) is 1. The van der Waals surface area contributed by atoms with E-state index in [2.05, 4.69) is 59.7 Å². The summed E-state index contributed by atoms with van der Waals surface area (Å²) in [5.41, 5.74) is 1.79. The number of hydrogen-bond acceptors (Lipinski definition) is 4. The van der Waals surface area contributed by atoms with Crippen LogP contribution >= 0.6 is 0 Å². The minimum atomic E-state index is -0.525. The van der Waals surface area contributed by atoms with Gasteiger partial charge in [0.15, 0.2) is 0 Å². The quantitative estimate of drug-likeness (QED) is 0.628. The number of carbonyl (C=O) groups excluding carboxylic acids is 1. The molecule has 5 heteroatoms. The lowest BCUT2D eigenvalue weighted by Gasteiger charge is -2.56. The van der Waals surface area contributed by atoms with E-state index in [1.807, 2.05) is 12.1 Å². The number of rotatable bonds is 7. The van der Waals surface area contributed by atoms with Crippen LogP contribution in [0.3, 0.4) is 0 Å². The van der Waals surface area contributed by atoms with Gasteiger partial charge in [0.2, 0.25) is 5.91 Å². The number of phenolic OH excluding ortho intramolecular Hbond substituents is 1. The Morgan fingerprint density at radius 2 is 1.91 bits per heavy atom. The highest BCUT2D eigenvalue weighted by Gasteiger charge is 2.64. The van der Waals surface area contributed by atoms with E-state index in [1.165, 1.54) is 5.56 Å². The summed E-state index contributed by atoms with van der Waals surface area (Å²) in [4.78, 5) is 16.5. The van der Waals surface area contributed by atoms with E-state index in [9.17, 15) is 9.90 Å². The monoisotopic (exact) mass is 433 g/mol. The summed E-state index contributed by atoms with van der Waals surface area (Å²) in [6.07, 6.45) is 1.84. The first-order chi connectivity index (χ1) is 15.5. The maximum atomic E-state index is 13.8. The highest BCUT2D eigenvalue weighted by molar-refractivity contribution is 5.87. The summed E-state index contributed by atoms with van der Waals surface area (Å²) in [7, 11) is 0. The van der Waals surface area contributed by atoms with Crippen molar-refractivity contribution in [2.24, 2.45) is 23.7 Å². The standard InChI is InChI=1S/C27H35N3O2/c1-18(2)16-30-17-21-13-27(26(32)28-14-20-8-10-22(31)11-9-20)24(25(30)23(21)15-29-27)12-19-6-4-3-5-7-19/h3-11,18,21,23-25,29,31H,12-17H2,1-2H3,(H,28,32)/t21-,23-,24-,25+,27+/m1/s1. The van der Waals surface area contributed by atoms with E-state index in [4.69, 9.17) is 0 Å². The first kappa shape index (κ1) is 21.5. The van der Waals surface area contributed by atoms with Crippen LogP contribution in [0.5, 0.6) is 5.75 Å². The van der Waals surface area contributed by atoms with Crippen LogP contribution < -0.4 is 10.6 Å². The van der Waals surface area contributed by atoms with Gasteiger partial charge in [0.05, 0.1) is 0 Å². The molecule has 6 rings (SSSR count).